The van der Waals surface area contributed by atoms with Crippen LogP contribution in [0.15, 0.2) is 12.1 Å². The minimum absolute atomic E-state index is 0.0243. The van der Waals surface area contributed by atoms with E-state index in [2.05, 4.69) is 10.1 Å². The van der Waals surface area contributed by atoms with Gasteiger partial charge in [-0.1, -0.05) is 6.92 Å². The SMILES string of the molecule is COC(=O)C(=O)N1C[C@@H](C)CCC1c1cc(F)c2c(c1)OC1(CC1)C(=O)N2. The predicted molar refractivity (Wildman–Crippen MR) is 92.5 cm³/mol. The lowest BCUT2D eigenvalue weighted by molar-refractivity contribution is -0.160. The third kappa shape index (κ3) is 2.93. The van der Waals surface area contributed by atoms with E-state index < -0.39 is 29.3 Å². The van der Waals surface area contributed by atoms with Crippen molar-refractivity contribution in [2.75, 3.05) is 19.0 Å². The van der Waals surface area contributed by atoms with E-state index in [1.807, 2.05) is 6.92 Å². The van der Waals surface area contributed by atoms with E-state index >= 15 is 0 Å². The van der Waals surface area contributed by atoms with E-state index in [1.54, 1.807) is 6.07 Å². The first-order valence-corrected chi connectivity index (χ1v) is 9.07. The van der Waals surface area contributed by atoms with Crippen LogP contribution in [0.2, 0.25) is 0 Å². The predicted octanol–water partition coefficient (Wildman–Crippen LogP) is 2.16. The average molecular weight is 376 g/mol. The molecule has 3 aliphatic rings. The number of rotatable bonds is 1. The van der Waals surface area contributed by atoms with Crippen LogP contribution in [0, 0.1) is 11.7 Å². The van der Waals surface area contributed by atoms with Crippen LogP contribution >= 0.6 is 0 Å². The first-order valence-electron chi connectivity index (χ1n) is 9.07. The van der Waals surface area contributed by atoms with Gasteiger partial charge in [0.1, 0.15) is 11.4 Å². The van der Waals surface area contributed by atoms with Gasteiger partial charge in [-0.2, -0.15) is 0 Å². The van der Waals surface area contributed by atoms with Gasteiger partial charge in [0, 0.05) is 19.4 Å². The van der Waals surface area contributed by atoms with Crippen LogP contribution in [0.5, 0.6) is 5.75 Å². The van der Waals surface area contributed by atoms with E-state index in [1.165, 1.54) is 11.0 Å². The van der Waals surface area contributed by atoms with Crippen molar-refractivity contribution in [2.45, 2.75) is 44.2 Å². The van der Waals surface area contributed by atoms with Gasteiger partial charge in [0.25, 0.3) is 5.91 Å². The number of carbonyl (C=O) groups excluding carboxylic acids is 3. The minimum Gasteiger partial charge on any atom is -0.475 e. The number of methoxy groups -OCH3 is 1. The maximum absolute atomic E-state index is 14.7. The fraction of sp³-hybridized carbons (Fsp3) is 0.526. The number of fused-ring (bicyclic) bond motifs is 1. The van der Waals surface area contributed by atoms with Crippen LogP contribution in [0.25, 0.3) is 0 Å². The number of esters is 1. The Bertz CT molecular complexity index is 836. The van der Waals surface area contributed by atoms with E-state index in [9.17, 15) is 18.8 Å². The summed E-state index contributed by atoms with van der Waals surface area (Å²) in [4.78, 5) is 37.7. The van der Waals surface area contributed by atoms with Crippen molar-refractivity contribution in [1.82, 2.24) is 4.90 Å². The summed E-state index contributed by atoms with van der Waals surface area (Å²) in [6.45, 7) is 2.38. The number of ether oxygens (including phenoxy) is 2. The molecule has 1 aromatic carbocycles. The number of carbonyl (C=O) groups is 3. The molecule has 8 heteroatoms. The molecule has 1 aliphatic carbocycles. The summed E-state index contributed by atoms with van der Waals surface area (Å²) in [5.41, 5.74) is -0.320. The smallest absolute Gasteiger partial charge is 0.396 e. The highest BCUT2D eigenvalue weighted by molar-refractivity contribution is 6.32. The Kier molecular flexibility index (Phi) is 4.09. The maximum Gasteiger partial charge on any atom is 0.396 e. The quantitative estimate of drug-likeness (QED) is 0.600. The van der Waals surface area contributed by atoms with Gasteiger partial charge in [-0.3, -0.25) is 9.59 Å². The second kappa shape index (κ2) is 6.21. The van der Waals surface area contributed by atoms with Gasteiger partial charge in [-0.25, -0.2) is 9.18 Å². The molecule has 144 valence electrons. The van der Waals surface area contributed by atoms with E-state index in [0.717, 1.165) is 13.5 Å². The van der Waals surface area contributed by atoms with Crippen molar-refractivity contribution in [1.29, 1.82) is 0 Å². The number of piperidine rings is 1. The molecular formula is C19H21FN2O5. The Morgan fingerprint density at radius 1 is 1.33 bits per heavy atom. The molecule has 0 aromatic heterocycles. The number of nitrogens with zero attached hydrogens (tertiary/aromatic N) is 1. The lowest BCUT2D eigenvalue weighted by Gasteiger charge is -2.38. The lowest BCUT2D eigenvalue weighted by atomic mass is 9.89. The van der Waals surface area contributed by atoms with Crippen molar-refractivity contribution in [3.05, 3.63) is 23.5 Å². The van der Waals surface area contributed by atoms with E-state index in [4.69, 9.17) is 4.74 Å². The normalized spacial score (nSPS) is 25.3. The number of nitrogens with one attached hydrogen (secondary N) is 1. The van der Waals surface area contributed by atoms with Crippen LogP contribution in [0.1, 0.15) is 44.2 Å². The summed E-state index contributed by atoms with van der Waals surface area (Å²) in [5, 5.41) is 2.59. The van der Waals surface area contributed by atoms with Crippen molar-refractivity contribution in [3.63, 3.8) is 0 Å². The Balaban J connectivity index is 1.69. The van der Waals surface area contributed by atoms with Gasteiger partial charge in [0.2, 0.25) is 0 Å². The third-order valence-corrected chi connectivity index (χ3v) is 5.56. The minimum atomic E-state index is -0.937. The Labute approximate surface area is 155 Å². The third-order valence-electron chi connectivity index (χ3n) is 5.56. The van der Waals surface area contributed by atoms with Gasteiger partial charge in [0.05, 0.1) is 13.2 Å². The van der Waals surface area contributed by atoms with E-state index in [-0.39, 0.29) is 23.3 Å². The van der Waals surface area contributed by atoms with Crippen LogP contribution in [-0.4, -0.2) is 41.9 Å². The molecule has 4 rings (SSSR count). The van der Waals surface area contributed by atoms with Gasteiger partial charge in [-0.15, -0.1) is 0 Å². The van der Waals surface area contributed by atoms with Crippen molar-refractivity contribution < 1.29 is 28.2 Å². The standard InChI is InChI=1S/C19H21FN2O5/c1-10-3-4-13(22(9-10)16(23)17(24)26-2)11-7-12(20)15-14(8-11)27-19(5-6-19)18(25)21-15/h7-8,10,13H,3-6,9H2,1-2H3,(H,21,25)/t10-,13?/m0/s1. The molecule has 1 aromatic rings. The molecule has 1 N–H and O–H groups in total. The molecule has 2 amide bonds. The lowest BCUT2D eigenvalue weighted by Crippen LogP contribution is -2.45. The fourth-order valence-electron chi connectivity index (χ4n) is 3.85. The van der Waals surface area contributed by atoms with Gasteiger partial charge >= 0.3 is 11.9 Å². The monoisotopic (exact) mass is 376 g/mol. The summed E-state index contributed by atoms with van der Waals surface area (Å²) in [6, 6.07) is 2.51. The molecule has 0 bridgehead atoms. The number of benzene rings is 1. The zero-order chi connectivity index (χ0) is 19.3. The van der Waals surface area contributed by atoms with Gasteiger partial charge in [0.15, 0.2) is 11.4 Å². The zero-order valence-electron chi connectivity index (χ0n) is 15.2. The molecule has 2 heterocycles. The fourth-order valence-corrected chi connectivity index (χ4v) is 3.85. The molecule has 27 heavy (non-hydrogen) atoms. The highest BCUT2D eigenvalue weighted by Crippen LogP contribution is 2.48. The number of halogens is 1. The molecule has 7 nitrogen and oxygen atoms in total. The maximum atomic E-state index is 14.7. The van der Waals surface area contributed by atoms with Crippen LogP contribution in [0.3, 0.4) is 0 Å². The number of hydrogen-bond acceptors (Lipinski definition) is 5. The Morgan fingerprint density at radius 3 is 2.74 bits per heavy atom. The number of anilines is 1. The first kappa shape index (κ1) is 17.8. The molecule has 1 unspecified atom stereocenters. The van der Waals surface area contributed by atoms with Crippen LogP contribution in [-0.2, 0) is 19.1 Å². The summed E-state index contributed by atoms with van der Waals surface area (Å²) < 4.78 is 25.0. The summed E-state index contributed by atoms with van der Waals surface area (Å²) in [7, 11) is 1.16. The topological polar surface area (TPSA) is 84.9 Å². The number of likely N-dealkylation sites (tertiary alicyclic amines) is 1. The first-order chi connectivity index (χ1) is 12.8. The average Bonchev–Trinajstić information content (AvgIpc) is 3.42. The van der Waals surface area contributed by atoms with Crippen LogP contribution < -0.4 is 10.1 Å². The van der Waals surface area contributed by atoms with Gasteiger partial charge < -0.3 is 19.7 Å². The largest absolute Gasteiger partial charge is 0.475 e. The second-order valence-electron chi connectivity index (χ2n) is 7.57. The number of amides is 2. The molecule has 2 atom stereocenters. The Morgan fingerprint density at radius 2 is 2.07 bits per heavy atom. The summed E-state index contributed by atoms with van der Waals surface area (Å²) in [5.74, 6) is -2.12. The molecule has 1 spiro atoms. The van der Waals surface area contributed by atoms with Crippen molar-refractivity contribution >= 4 is 23.5 Å². The summed E-state index contributed by atoms with van der Waals surface area (Å²) >= 11 is 0. The zero-order valence-corrected chi connectivity index (χ0v) is 15.2. The molecule has 0 radical (unpaired) electrons. The molecule has 1 saturated carbocycles. The van der Waals surface area contributed by atoms with Crippen molar-refractivity contribution in [3.8, 4) is 5.75 Å². The van der Waals surface area contributed by atoms with E-state index in [0.29, 0.717) is 31.4 Å². The highest BCUT2D eigenvalue weighted by atomic mass is 19.1. The molecular weight excluding hydrogens is 355 g/mol. The Hall–Kier alpha value is -2.64. The highest BCUT2D eigenvalue weighted by Gasteiger charge is 2.56. The van der Waals surface area contributed by atoms with Crippen molar-refractivity contribution in [2.24, 2.45) is 5.92 Å². The summed E-state index contributed by atoms with van der Waals surface area (Å²) in [6.07, 6.45) is 2.63. The molecule has 2 fully saturated rings. The van der Waals surface area contributed by atoms with Gasteiger partial charge in [-0.05, 0) is 36.5 Å². The second-order valence-corrected chi connectivity index (χ2v) is 7.57. The number of hydrogen-bond donors (Lipinski definition) is 1. The van der Waals surface area contributed by atoms with Crippen LogP contribution in [0.4, 0.5) is 10.1 Å². The molecule has 1 saturated heterocycles. The molecule has 2 aliphatic heterocycles.